The van der Waals surface area contributed by atoms with Crippen molar-refractivity contribution in [1.82, 2.24) is 9.80 Å². The Bertz CT molecular complexity index is 632. The molecule has 1 atom stereocenters. The number of rotatable bonds is 5. The van der Waals surface area contributed by atoms with E-state index in [1.807, 2.05) is 17.2 Å². The Morgan fingerprint density at radius 2 is 2.20 bits per heavy atom. The van der Waals surface area contributed by atoms with Crippen molar-refractivity contribution in [1.29, 1.82) is 0 Å². The number of nitrogens with zero attached hydrogens (tertiary/aromatic N) is 2. The van der Waals surface area contributed by atoms with Crippen LogP contribution in [-0.4, -0.2) is 65.8 Å². The van der Waals surface area contributed by atoms with Crippen LogP contribution in [-0.2, 0) is 10.5 Å². The molecule has 0 aliphatic carbocycles. The van der Waals surface area contributed by atoms with E-state index in [1.54, 1.807) is 22.7 Å². The molecule has 1 N–H and O–H groups in total. The Morgan fingerprint density at radius 3 is 2.96 bits per heavy atom. The third-order valence-corrected chi connectivity index (χ3v) is 5.80. The van der Waals surface area contributed by atoms with E-state index in [0.717, 1.165) is 37.3 Å². The summed E-state index contributed by atoms with van der Waals surface area (Å²) in [5.74, 6) is 2.03. The summed E-state index contributed by atoms with van der Waals surface area (Å²) in [5.41, 5.74) is -0.0499. The zero-order chi connectivity index (χ0) is 17.9. The second kappa shape index (κ2) is 7.83. The number of thioether (sulfide) groups is 1. The first-order valence-electron chi connectivity index (χ1n) is 8.82. The van der Waals surface area contributed by atoms with Crippen molar-refractivity contribution in [2.24, 2.45) is 5.41 Å². The van der Waals surface area contributed by atoms with Crippen LogP contribution in [0.3, 0.4) is 0 Å². The highest BCUT2D eigenvalue weighted by atomic mass is 32.2. The SMILES string of the molecule is CSCc1ccc(C(=O)N2CCCC3(CCC(=O)N(CCO)C3)C2)o1. The summed E-state index contributed by atoms with van der Waals surface area (Å²) in [6.45, 7) is 2.37. The Morgan fingerprint density at radius 1 is 1.36 bits per heavy atom. The molecule has 6 nitrogen and oxygen atoms in total. The Hall–Kier alpha value is -1.47. The lowest BCUT2D eigenvalue weighted by Crippen LogP contribution is -2.55. The van der Waals surface area contributed by atoms with E-state index < -0.39 is 0 Å². The number of aliphatic hydroxyl groups is 1. The van der Waals surface area contributed by atoms with Crippen molar-refractivity contribution in [3.63, 3.8) is 0 Å². The fraction of sp³-hybridized carbons (Fsp3) is 0.667. The summed E-state index contributed by atoms with van der Waals surface area (Å²) in [7, 11) is 0. The van der Waals surface area contributed by atoms with Crippen LogP contribution >= 0.6 is 11.8 Å². The summed E-state index contributed by atoms with van der Waals surface area (Å²) in [6.07, 6.45) is 5.27. The molecule has 1 spiro atoms. The van der Waals surface area contributed by atoms with Gasteiger partial charge in [-0.2, -0.15) is 11.8 Å². The number of amides is 2. The smallest absolute Gasteiger partial charge is 0.289 e. The topological polar surface area (TPSA) is 74.0 Å². The fourth-order valence-corrected chi connectivity index (χ4v) is 4.45. The highest BCUT2D eigenvalue weighted by Crippen LogP contribution is 2.39. The molecule has 3 heterocycles. The molecule has 138 valence electrons. The van der Waals surface area contributed by atoms with E-state index in [-0.39, 0.29) is 23.8 Å². The molecule has 1 aromatic rings. The van der Waals surface area contributed by atoms with Crippen molar-refractivity contribution < 1.29 is 19.1 Å². The predicted octanol–water partition coefficient (Wildman–Crippen LogP) is 1.98. The van der Waals surface area contributed by atoms with Crippen molar-refractivity contribution in [3.8, 4) is 0 Å². The van der Waals surface area contributed by atoms with Crippen LogP contribution in [0, 0.1) is 5.41 Å². The molecule has 0 bridgehead atoms. The lowest BCUT2D eigenvalue weighted by molar-refractivity contribution is -0.139. The van der Waals surface area contributed by atoms with Gasteiger partial charge in [0.2, 0.25) is 5.91 Å². The number of hydrogen-bond acceptors (Lipinski definition) is 5. The van der Waals surface area contributed by atoms with Crippen LogP contribution in [0.4, 0.5) is 0 Å². The van der Waals surface area contributed by atoms with E-state index in [2.05, 4.69) is 0 Å². The highest BCUT2D eigenvalue weighted by molar-refractivity contribution is 7.97. The summed E-state index contributed by atoms with van der Waals surface area (Å²) in [4.78, 5) is 28.5. The number of furan rings is 1. The molecule has 0 saturated carbocycles. The summed E-state index contributed by atoms with van der Waals surface area (Å²) in [5, 5.41) is 9.19. The number of piperidine rings is 2. The van der Waals surface area contributed by atoms with Gasteiger partial charge in [0.15, 0.2) is 5.76 Å². The van der Waals surface area contributed by atoms with E-state index in [9.17, 15) is 14.7 Å². The largest absolute Gasteiger partial charge is 0.455 e. The van der Waals surface area contributed by atoms with Gasteiger partial charge in [0, 0.05) is 38.0 Å². The van der Waals surface area contributed by atoms with Gasteiger partial charge in [-0.3, -0.25) is 9.59 Å². The van der Waals surface area contributed by atoms with Gasteiger partial charge >= 0.3 is 0 Å². The van der Waals surface area contributed by atoms with Gasteiger partial charge in [0.25, 0.3) is 5.91 Å². The Kier molecular flexibility index (Phi) is 5.74. The second-order valence-electron chi connectivity index (χ2n) is 7.07. The van der Waals surface area contributed by atoms with Crippen molar-refractivity contribution >= 4 is 23.6 Å². The maximum absolute atomic E-state index is 12.8. The lowest BCUT2D eigenvalue weighted by atomic mass is 9.73. The Balaban J connectivity index is 1.69. The molecular formula is C18H26N2O4S. The zero-order valence-corrected chi connectivity index (χ0v) is 15.5. The monoisotopic (exact) mass is 366 g/mol. The van der Waals surface area contributed by atoms with E-state index in [1.165, 1.54) is 0 Å². The average molecular weight is 366 g/mol. The van der Waals surface area contributed by atoms with Gasteiger partial charge in [-0.1, -0.05) is 0 Å². The highest BCUT2D eigenvalue weighted by Gasteiger charge is 2.43. The van der Waals surface area contributed by atoms with Crippen LogP contribution < -0.4 is 0 Å². The van der Waals surface area contributed by atoms with Crippen LogP contribution in [0.25, 0.3) is 0 Å². The van der Waals surface area contributed by atoms with Crippen LogP contribution in [0.5, 0.6) is 0 Å². The van der Waals surface area contributed by atoms with Crippen molar-refractivity contribution in [2.75, 3.05) is 39.0 Å². The molecule has 1 aromatic heterocycles. The number of likely N-dealkylation sites (tertiary alicyclic amines) is 2. The predicted molar refractivity (Wildman–Crippen MR) is 96.4 cm³/mol. The standard InChI is InChI=1S/C18H26N2O4S/c1-25-11-14-3-4-15(24-14)17(23)20-8-2-6-18(13-20)7-5-16(22)19(12-18)9-10-21/h3-4,21H,2,5-13H2,1H3. The third kappa shape index (κ3) is 4.03. The summed E-state index contributed by atoms with van der Waals surface area (Å²) in [6, 6.07) is 3.63. The van der Waals surface area contributed by atoms with Gasteiger partial charge in [-0.05, 0) is 37.7 Å². The molecular weight excluding hydrogens is 340 g/mol. The van der Waals surface area contributed by atoms with Gasteiger partial charge in [-0.15, -0.1) is 0 Å². The van der Waals surface area contributed by atoms with Crippen molar-refractivity contribution in [3.05, 3.63) is 23.7 Å². The number of carbonyl (C=O) groups is 2. The van der Waals surface area contributed by atoms with Crippen LogP contribution in [0.1, 0.15) is 42.0 Å². The van der Waals surface area contributed by atoms with E-state index >= 15 is 0 Å². The van der Waals surface area contributed by atoms with Crippen molar-refractivity contribution in [2.45, 2.75) is 31.4 Å². The van der Waals surface area contributed by atoms with Crippen LogP contribution in [0.2, 0.25) is 0 Å². The number of aliphatic hydroxyl groups excluding tert-OH is 1. The first kappa shape index (κ1) is 18.3. The quantitative estimate of drug-likeness (QED) is 0.863. The van der Waals surface area contributed by atoms with Gasteiger partial charge < -0.3 is 19.3 Å². The minimum atomic E-state index is -0.0583. The number of carbonyl (C=O) groups excluding carboxylic acids is 2. The molecule has 7 heteroatoms. The molecule has 2 saturated heterocycles. The molecule has 25 heavy (non-hydrogen) atoms. The van der Waals surface area contributed by atoms with E-state index in [4.69, 9.17) is 4.42 Å². The van der Waals surface area contributed by atoms with Crippen LogP contribution in [0.15, 0.2) is 16.5 Å². The minimum Gasteiger partial charge on any atom is -0.455 e. The van der Waals surface area contributed by atoms with Gasteiger partial charge in [0.1, 0.15) is 5.76 Å². The maximum atomic E-state index is 12.8. The summed E-state index contributed by atoms with van der Waals surface area (Å²) >= 11 is 1.66. The second-order valence-corrected chi connectivity index (χ2v) is 7.93. The number of β-amino-alcohol motifs (C(OH)–C–C–N with tert-alkyl or cyclic N) is 1. The molecule has 3 rings (SSSR count). The Labute approximate surface area is 152 Å². The first-order chi connectivity index (χ1) is 12.1. The lowest BCUT2D eigenvalue weighted by Gasteiger charge is -2.48. The average Bonchev–Trinajstić information content (AvgIpc) is 3.07. The molecule has 2 aliphatic heterocycles. The summed E-state index contributed by atoms with van der Waals surface area (Å²) < 4.78 is 5.68. The molecule has 1 unspecified atom stereocenters. The fourth-order valence-electron chi connectivity index (χ4n) is 4.01. The maximum Gasteiger partial charge on any atom is 0.289 e. The molecule has 0 aromatic carbocycles. The zero-order valence-electron chi connectivity index (χ0n) is 14.7. The van der Waals surface area contributed by atoms with E-state index in [0.29, 0.717) is 31.8 Å². The molecule has 2 aliphatic rings. The first-order valence-corrected chi connectivity index (χ1v) is 10.2. The number of hydrogen-bond donors (Lipinski definition) is 1. The molecule has 0 radical (unpaired) electrons. The minimum absolute atomic E-state index is 0.0188. The van der Waals surface area contributed by atoms with Gasteiger partial charge in [0.05, 0.1) is 12.4 Å². The third-order valence-electron chi connectivity index (χ3n) is 5.23. The molecule has 2 amide bonds. The molecule has 2 fully saturated rings. The normalized spacial score (nSPS) is 24.2. The van der Waals surface area contributed by atoms with Gasteiger partial charge in [-0.25, -0.2) is 0 Å².